The summed E-state index contributed by atoms with van der Waals surface area (Å²) in [5.74, 6) is 0.735. The molecule has 0 bridgehead atoms. The fourth-order valence-electron chi connectivity index (χ4n) is 3.36. The summed E-state index contributed by atoms with van der Waals surface area (Å²) < 4.78 is 1.09. The maximum absolute atomic E-state index is 12.3. The van der Waals surface area contributed by atoms with Crippen LogP contribution in [0.4, 0.5) is 5.69 Å². The van der Waals surface area contributed by atoms with E-state index in [0.717, 1.165) is 16.7 Å². The van der Waals surface area contributed by atoms with Crippen LogP contribution in [-0.2, 0) is 4.79 Å². The molecule has 1 saturated carbocycles. The molecule has 2 N–H and O–H groups in total. The van der Waals surface area contributed by atoms with E-state index in [-0.39, 0.29) is 11.9 Å². The number of benzene rings is 2. The molecule has 2 aromatic carbocycles. The second kappa shape index (κ2) is 10.2. The molecule has 1 fully saturated rings. The van der Waals surface area contributed by atoms with E-state index in [9.17, 15) is 4.79 Å². The quantitative estimate of drug-likeness (QED) is 0.539. The molecule has 27 heavy (non-hydrogen) atoms. The minimum absolute atomic E-state index is 0.0777. The van der Waals surface area contributed by atoms with E-state index in [1.807, 2.05) is 31.2 Å². The standard InChI is InChI=1S/C22H27BrN2OS/c1-16(22(26)24-15-17-5-3-2-4-6-17)25-19-9-13-21(14-10-19)27-20-11-7-18(23)8-12-20/h7-14,16-17,25H,2-6,15H2,1H3,(H,24,26). The maximum atomic E-state index is 12.3. The lowest BCUT2D eigenvalue weighted by molar-refractivity contribution is -0.121. The summed E-state index contributed by atoms with van der Waals surface area (Å²) in [5, 5.41) is 6.41. The average Bonchev–Trinajstić information content (AvgIpc) is 2.70. The van der Waals surface area contributed by atoms with Crippen molar-refractivity contribution in [3.8, 4) is 0 Å². The molecule has 2 aromatic rings. The Bertz CT molecular complexity index is 727. The molecule has 1 atom stereocenters. The van der Waals surface area contributed by atoms with Gasteiger partial charge in [-0.15, -0.1) is 0 Å². The first-order valence-corrected chi connectivity index (χ1v) is 11.3. The largest absolute Gasteiger partial charge is 0.374 e. The van der Waals surface area contributed by atoms with Crippen LogP contribution in [0.5, 0.6) is 0 Å². The molecule has 144 valence electrons. The van der Waals surface area contributed by atoms with Gasteiger partial charge in [0.15, 0.2) is 0 Å². The van der Waals surface area contributed by atoms with Gasteiger partial charge in [0, 0.05) is 26.5 Å². The van der Waals surface area contributed by atoms with Crippen molar-refractivity contribution < 1.29 is 4.79 Å². The molecule has 0 aromatic heterocycles. The minimum atomic E-state index is -0.237. The van der Waals surface area contributed by atoms with Crippen LogP contribution in [-0.4, -0.2) is 18.5 Å². The van der Waals surface area contributed by atoms with Gasteiger partial charge in [0.1, 0.15) is 6.04 Å². The Balaban J connectivity index is 1.46. The third kappa shape index (κ3) is 6.58. The molecule has 0 spiro atoms. The van der Waals surface area contributed by atoms with Crippen LogP contribution < -0.4 is 10.6 Å². The second-order valence-electron chi connectivity index (χ2n) is 7.20. The van der Waals surface area contributed by atoms with E-state index < -0.39 is 0 Å². The third-order valence-electron chi connectivity index (χ3n) is 4.97. The summed E-state index contributed by atoms with van der Waals surface area (Å²) >= 11 is 5.18. The lowest BCUT2D eigenvalue weighted by Gasteiger charge is -2.23. The van der Waals surface area contributed by atoms with Gasteiger partial charge in [0.05, 0.1) is 0 Å². The average molecular weight is 447 g/mol. The van der Waals surface area contributed by atoms with Crippen molar-refractivity contribution in [1.29, 1.82) is 0 Å². The highest BCUT2D eigenvalue weighted by Crippen LogP contribution is 2.29. The Morgan fingerprint density at radius 3 is 2.26 bits per heavy atom. The van der Waals surface area contributed by atoms with E-state index in [1.165, 1.54) is 41.9 Å². The molecule has 0 saturated heterocycles. The van der Waals surface area contributed by atoms with Gasteiger partial charge >= 0.3 is 0 Å². The summed E-state index contributed by atoms with van der Waals surface area (Å²) in [4.78, 5) is 14.7. The zero-order chi connectivity index (χ0) is 19.1. The first-order valence-electron chi connectivity index (χ1n) is 9.68. The van der Waals surface area contributed by atoms with E-state index in [0.29, 0.717) is 5.92 Å². The summed E-state index contributed by atoms with van der Waals surface area (Å²) in [6, 6.07) is 16.3. The van der Waals surface area contributed by atoms with Crippen LogP contribution in [0, 0.1) is 5.92 Å². The van der Waals surface area contributed by atoms with E-state index in [4.69, 9.17) is 0 Å². The number of hydrogen-bond acceptors (Lipinski definition) is 3. The van der Waals surface area contributed by atoms with Crippen molar-refractivity contribution in [2.24, 2.45) is 5.92 Å². The molecular formula is C22H27BrN2OS. The van der Waals surface area contributed by atoms with Gasteiger partial charge < -0.3 is 10.6 Å². The Morgan fingerprint density at radius 2 is 1.63 bits per heavy atom. The zero-order valence-electron chi connectivity index (χ0n) is 15.7. The number of halogens is 1. The lowest BCUT2D eigenvalue weighted by atomic mass is 9.89. The fourth-order valence-corrected chi connectivity index (χ4v) is 4.44. The highest BCUT2D eigenvalue weighted by Gasteiger charge is 2.17. The molecule has 0 heterocycles. The smallest absolute Gasteiger partial charge is 0.242 e. The number of carbonyl (C=O) groups excluding carboxylic acids is 1. The van der Waals surface area contributed by atoms with Crippen molar-refractivity contribution in [2.75, 3.05) is 11.9 Å². The first kappa shape index (κ1) is 20.3. The van der Waals surface area contributed by atoms with Crippen molar-refractivity contribution in [3.05, 3.63) is 53.0 Å². The number of hydrogen-bond donors (Lipinski definition) is 2. The summed E-state index contributed by atoms with van der Waals surface area (Å²) in [6.07, 6.45) is 6.45. The van der Waals surface area contributed by atoms with E-state index >= 15 is 0 Å². The van der Waals surface area contributed by atoms with Crippen molar-refractivity contribution in [3.63, 3.8) is 0 Å². The van der Waals surface area contributed by atoms with Gasteiger partial charge in [-0.1, -0.05) is 47.0 Å². The predicted octanol–water partition coefficient (Wildman–Crippen LogP) is 6.10. The molecule has 3 nitrogen and oxygen atoms in total. The molecule has 1 amide bonds. The molecule has 0 aliphatic heterocycles. The van der Waals surface area contributed by atoms with Gasteiger partial charge in [0.2, 0.25) is 5.91 Å². The first-order chi connectivity index (χ1) is 13.1. The van der Waals surface area contributed by atoms with Crippen LogP contribution in [0.2, 0.25) is 0 Å². The Morgan fingerprint density at radius 1 is 1.04 bits per heavy atom. The Kier molecular flexibility index (Phi) is 7.65. The molecule has 3 rings (SSSR count). The monoisotopic (exact) mass is 446 g/mol. The Hall–Kier alpha value is -1.46. The van der Waals surface area contributed by atoms with Crippen molar-refractivity contribution in [2.45, 2.75) is 54.9 Å². The number of amides is 1. The van der Waals surface area contributed by atoms with E-state index in [2.05, 4.69) is 50.8 Å². The molecule has 1 unspecified atom stereocenters. The molecule has 1 aliphatic rings. The zero-order valence-corrected chi connectivity index (χ0v) is 18.1. The molecule has 0 radical (unpaired) electrons. The molecule has 5 heteroatoms. The van der Waals surface area contributed by atoms with Crippen LogP contribution in [0.1, 0.15) is 39.0 Å². The van der Waals surface area contributed by atoms with Crippen molar-refractivity contribution in [1.82, 2.24) is 5.32 Å². The normalized spacial score (nSPS) is 15.9. The van der Waals surface area contributed by atoms with Crippen LogP contribution in [0.3, 0.4) is 0 Å². The highest BCUT2D eigenvalue weighted by molar-refractivity contribution is 9.10. The fraction of sp³-hybridized carbons (Fsp3) is 0.409. The number of carbonyl (C=O) groups is 1. The van der Waals surface area contributed by atoms with Crippen LogP contribution in [0.25, 0.3) is 0 Å². The van der Waals surface area contributed by atoms with Gasteiger partial charge in [-0.25, -0.2) is 0 Å². The highest BCUT2D eigenvalue weighted by atomic mass is 79.9. The SMILES string of the molecule is CC(Nc1ccc(Sc2ccc(Br)cc2)cc1)C(=O)NCC1CCCCC1. The second-order valence-corrected chi connectivity index (χ2v) is 9.26. The maximum Gasteiger partial charge on any atom is 0.242 e. The summed E-state index contributed by atoms with van der Waals surface area (Å²) in [6.45, 7) is 2.73. The summed E-state index contributed by atoms with van der Waals surface area (Å²) in [5.41, 5.74) is 0.968. The number of rotatable bonds is 7. The Labute approximate surface area is 174 Å². The number of nitrogens with one attached hydrogen (secondary N) is 2. The van der Waals surface area contributed by atoms with Crippen molar-refractivity contribution >= 4 is 39.3 Å². The number of anilines is 1. The molecule has 1 aliphatic carbocycles. The van der Waals surface area contributed by atoms with Crippen LogP contribution >= 0.6 is 27.7 Å². The van der Waals surface area contributed by atoms with Gasteiger partial charge in [-0.05, 0) is 74.2 Å². The summed E-state index contributed by atoms with van der Waals surface area (Å²) in [7, 11) is 0. The topological polar surface area (TPSA) is 41.1 Å². The van der Waals surface area contributed by atoms with Gasteiger partial charge in [-0.2, -0.15) is 0 Å². The molecular weight excluding hydrogens is 420 g/mol. The predicted molar refractivity (Wildman–Crippen MR) is 117 cm³/mol. The third-order valence-corrected chi connectivity index (χ3v) is 6.51. The minimum Gasteiger partial charge on any atom is -0.374 e. The lowest BCUT2D eigenvalue weighted by Crippen LogP contribution is -2.40. The van der Waals surface area contributed by atoms with Gasteiger partial charge in [-0.3, -0.25) is 4.79 Å². The van der Waals surface area contributed by atoms with E-state index in [1.54, 1.807) is 11.8 Å². The van der Waals surface area contributed by atoms with Crippen LogP contribution in [0.15, 0.2) is 62.8 Å². The van der Waals surface area contributed by atoms with Gasteiger partial charge in [0.25, 0.3) is 0 Å².